The molecule has 1 aromatic rings. The molecule has 1 heterocycles. The summed E-state index contributed by atoms with van der Waals surface area (Å²) < 4.78 is 44.3. The molecule has 0 aromatic heterocycles. The lowest BCUT2D eigenvalue weighted by Gasteiger charge is -2.10. The number of carbonyl (C=O) groups excluding carboxylic acids is 2. The number of benzene rings is 1. The molecule has 1 aliphatic carbocycles. The second kappa shape index (κ2) is 9.39. The molecule has 1 saturated heterocycles. The van der Waals surface area contributed by atoms with E-state index in [0.717, 1.165) is 18.9 Å². The Morgan fingerprint density at radius 1 is 1.21 bits per heavy atom. The number of sulfone groups is 1. The Bertz CT molecular complexity index is 896. The van der Waals surface area contributed by atoms with Crippen LogP contribution >= 0.6 is 0 Å². The van der Waals surface area contributed by atoms with Gasteiger partial charge in [0.2, 0.25) is 5.91 Å². The quantitative estimate of drug-likeness (QED) is 0.255. The van der Waals surface area contributed by atoms with Crippen LogP contribution in [0.15, 0.2) is 35.2 Å². The van der Waals surface area contributed by atoms with E-state index in [0.29, 0.717) is 38.3 Å². The van der Waals surface area contributed by atoms with Crippen molar-refractivity contribution in [2.24, 2.45) is 5.92 Å². The lowest BCUT2D eigenvalue weighted by Crippen LogP contribution is -2.28. The third kappa shape index (κ3) is 6.28. The number of ether oxygens (including phenoxy) is 1. The van der Waals surface area contributed by atoms with Gasteiger partial charge >= 0.3 is 6.03 Å². The Labute approximate surface area is 169 Å². The Kier molecular flexibility index (Phi) is 6.89. The normalized spacial score (nSPS) is 17.2. The molecular weight excluding hydrogens is 399 g/mol. The molecule has 1 saturated carbocycles. The predicted molar refractivity (Wildman–Crippen MR) is 105 cm³/mol. The molecule has 158 valence electrons. The molecule has 0 spiro atoms. The number of halogens is 1. The van der Waals surface area contributed by atoms with Crippen LogP contribution in [0.25, 0.3) is 0 Å². The van der Waals surface area contributed by atoms with Gasteiger partial charge in [-0.05, 0) is 50.2 Å². The fourth-order valence-electron chi connectivity index (χ4n) is 2.90. The number of nitrogens with zero attached hydrogens (tertiary/aromatic N) is 1. The van der Waals surface area contributed by atoms with Crippen molar-refractivity contribution in [3.8, 4) is 5.75 Å². The smallest absolute Gasteiger partial charge is 0.324 e. The first-order valence-electron chi connectivity index (χ1n) is 9.74. The molecule has 0 bridgehead atoms. The van der Waals surface area contributed by atoms with Gasteiger partial charge in [-0.15, -0.1) is 0 Å². The number of amides is 3. The van der Waals surface area contributed by atoms with Crippen molar-refractivity contribution in [2.75, 3.05) is 25.4 Å². The first-order chi connectivity index (χ1) is 13.8. The van der Waals surface area contributed by atoms with Gasteiger partial charge in [0.1, 0.15) is 6.54 Å². The molecule has 1 aliphatic heterocycles. The average Bonchev–Trinajstić information content (AvgIpc) is 3.44. The second-order valence-corrected chi connectivity index (χ2v) is 9.48. The number of rotatable bonds is 11. The third-order valence-corrected chi connectivity index (χ3v) is 6.63. The minimum Gasteiger partial charge on any atom is -0.490 e. The van der Waals surface area contributed by atoms with Gasteiger partial charge in [0.25, 0.3) is 0 Å². The highest BCUT2D eigenvalue weighted by Crippen LogP contribution is 2.31. The summed E-state index contributed by atoms with van der Waals surface area (Å²) in [5.41, 5.74) is 0. The lowest BCUT2D eigenvalue weighted by molar-refractivity contribution is -0.118. The van der Waals surface area contributed by atoms with Crippen molar-refractivity contribution in [3.63, 3.8) is 0 Å². The van der Waals surface area contributed by atoms with Gasteiger partial charge in [-0.25, -0.2) is 17.6 Å². The molecule has 0 atom stereocenters. The first kappa shape index (κ1) is 21.3. The van der Waals surface area contributed by atoms with Gasteiger partial charge in [-0.2, -0.15) is 0 Å². The molecule has 1 aromatic carbocycles. The lowest BCUT2D eigenvalue weighted by atomic mass is 10.2. The summed E-state index contributed by atoms with van der Waals surface area (Å²) >= 11 is 0. The van der Waals surface area contributed by atoms with E-state index in [4.69, 9.17) is 4.74 Å². The standard InChI is InChI=1S/C20H25FN2O5S/c21-17-9-8-16(12-18(17)28-14-15-6-7-15)29(26,27)11-5-3-1-2-4-10-23-13-19(24)22-20(23)25/h2,4,8-9,12,15H,1,3,5-7,10-11,13-14H2,(H,22,24,25)/b4-2+. The number of imide groups is 1. The molecule has 2 fully saturated rings. The molecule has 2 aliphatic rings. The Morgan fingerprint density at radius 2 is 2.00 bits per heavy atom. The monoisotopic (exact) mass is 424 g/mol. The number of urea groups is 1. The average molecular weight is 424 g/mol. The maximum absolute atomic E-state index is 13.8. The number of hydrogen-bond acceptors (Lipinski definition) is 5. The molecule has 9 heteroatoms. The van der Waals surface area contributed by atoms with Crippen LogP contribution in [0, 0.1) is 11.7 Å². The van der Waals surface area contributed by atoms with Gasteiger partial charge in [0.05, 0.1) is 17.3 Å². The minimum atomic E-state index is -3.51. The molecular formula is C20H25FN2O5S. The largest absolute Gasteiger partial charge is 0.490 e. The van der Waals surface area contributed by atoms with Crippen molar-refractivity contribution in [3.05, 3.63) is 36.2 Å². The summed E-state index contributed by atoms with van der Waals surface area (Å²) in [6, 6.07) is 3.29. The van der Waals surface area contributed by atoms with Crippen LogP contribution < -0.4 is 10.1 Å². The van der Waals surface area contributed by atoms with Crippen LogP contribution in [0.3, 0.4) is 0 Å². The maximum atomic E-state index is 13.8. The zero-order chi connectivity index (χ0) is 20.9. The molecule has 0 radical (unpaired) electrons. The molecule has 1 N–H and O–H groups in total. The van der Waals surface area contributed by atoms with Gasteiger partial charge in [-0.1, -0.05) is 12.2 Å². The van der Waals surface area contributed by atoms with Crippen molar-refractivity contribution in [1.29, 1.82) is 0 Å². The highest BCUT2D eigenvalue weighted by molar-refractivity contribution is 7.91. The van der Waals surface area contributed by atoms with Crippen molar-refractivity contribution < 1.29 is 27.1 Å². The fourth-order valence-corrected chi connectivity index (χ4v) is 4.28. The van der Waals surface area contributed by atoms with Crippen LogP contribution in [0.1, 0.15) is 32.1 Å². The molecule has 3 amide bonds. The summed E-state index contributed by atoms with van der Waals surface area (Å²) in [5.74, 6) is -0.454. The van der Waals surface area contributed by atoms with Crippen LogP contribution in [-0.4, -0.2) is 50.7 Å². The molecule has 0 unspecified atom stereocenters. The minimum absolute atomic E-state index is 0.00894. The van der Waals surface area contributed by atoms with Gasteiger partial charge in [0.15, 0.2) is 21.4 Å². The summed E-state index contributed by atoms with van der Waals surface area (Å²) in [6.07, 6.45) is 7.57. The fraction of sp³-hybridized carbons (Fsp3) is 0.500. The van der Waals surface area contributed by atoms with Crippen LogP contribution in [0.4, 0.5) is 9.18 Å². The van der Waals surface area contributed by atoms with Crippen LogP contribution in [0.5, 0.6) is 5.75 Å². The number of carbonyl (C=O) groups is 2. The third-order valence-electron chi connectivity index (χ3n) is 4.83. The van der Waals surface area contributed by atoms with E-state index in [1.54, 1.807) is 6.08 Å². The Morgan fingerprint density at radius 3 is 2.69 bits per heavy atom. The highest BCUT2D eigenvalue weighted by atomic mass is 32.2. The van der Waals surface area contributed by atoms with E-state index in [-0.39, 0.29) is 28.8 Å². The Balaban J connectivity index is 1.41. The highest BCUT2D eigenvalue weighted by Gasteiger charge is 2.25. The van der Waals surface area contributed by atoms with Crippen molar-refractivity contribution in [2.45, 2.75) is 37.0 Å². The SMILES string of the molecule is O=C1CN(C/C=C/CCCCS(=O)(=O)c2ccc(F)c(OCC3CC3)c2)C(=O)N1. The molecule has 29 heavy (non-hydrogen) atoms. The van der Waals surface area contributed by atoms with Gasteiger partial charge in [0, 0.05) is 12.6 Å². The van der Waals surface area contributed by atoms with Gasteiger partial charge < -0.3 is 9.64 Å². The number of hydrogen-bond donors (Lipinski definition) is 1. The number of allylic oxidation sites excluding steroid dienone is 1. The summed E-state index contributed by atoms with van der Waals surface area (Å²) in [7, 11) is -3.51. The first-order valence-corrected chi connectivity index (χ1v) is 11.4. The zero-order valence-electron chi connectivity index (χ0n) is 16.1. The van der Waals surface area contributed by atoms with E-state index < -0.39 is 21.7 Å². The van der Waals surface area contributed by atoms with Crippen LogP contribution in [-0.2, 0) is 14.6 Å². The summed E-state index contributed by atoms with van der Waals surface area (Å²) in [4.78, 5) is 23.9. The van der Waals surface area contributed by atoms with E-state index in [2.05, 4.69) is 5.32 Å². The maximum Gasteiger partial charge on any atom is 0.324 e. The predicted octanol–water partition coefficient (Wildman–Crippen LogP) is 2.67. The van der Waals surface area contributed by atoms with Gasteiger partial charge in [-0.3, -0.25) is 10.1 Å². The molecule has 3 rings (SSSR count). The topological polar surface area (TPSA) is 92.8 Å². The van der Waals surface area contributed by atoms with Crippen LogP contribution in [0.2, 0.25) is 0 Å². The van der Waals surface area contributed by atoms with E-state index in [1.165, 1.54) is 17.0 Å². The van der Waals surface area contributed by atoms with E-state index in [9.17, 15) is 22.4 Å². The van der Waals surface area contributed by atoms with E-state index >= 15 is 0 Å². The number of nitrogens with one attached hydrogen (secondary N) is 1. The summed E-state index contributed by atoms with van der Waals surface area (Å²) in [5, 5.41) is 2.20. The second-order valence-electron chi connectivity index (χ2n) is 7.37. The molecule has 7 nitrogen and oxygen atoms in total. The number of unbranched alkanes of at least 4 members (excludes halogenated alkanes) is 2. The summed E-state index contributed by atoms with van der Waals surface area (Å²) in [6.45, 7) is 0.820. The zero-order valence-corrected chi connectivity index (χ0v) is 16.9. The van der Waals surface area contributed by atoms with Crippen molar-refractivity contribution >= 4 is 21.8 Å². The Hall–Kier alpha value is -2.42. The van der Waals surface area contributed by atoms with Crippen molar-refractivity contribution in [1.82, 2.24) is 10.2 Å². The van der Waals surface area contributed by atoms with E-state index in [1.807, 2.05) is 6.08 Å².